The number of nitriles is 1. The molecule has 2 aromatic carbocycles. The second-order valence-corrected chi connectivity index (χ2v) is 8.75. The first kappa shape index (κ1) is 25.9. The number of benzene rings is 2. The number of nitrogens with two attached hydrogens (primary N) is 1. The van der Waals surface area contributed by atoms with Crippen LogP contribution in [0.2, 0.25) is 0 Å². The summed E-state index contributed by atoms with van der Waals surface area (Å²) in [6.45, 7) is 2.99. The zero-order chi connectivity index (χ0) is 25.6. The highest BCUT2D eigenvalue weighted by atomic mass is 19.4. The Morgan fingerprint density at radius 2 is 1.77 bits per heavy atom. The number of hydrogen-bond acceptors (Lipinski definition) is 4. The molecule has 1 amide bonds. The van der Waals surface area contributed by atoms with Crippen LogP contribution >= 0.6 is 0 Å². The van der Waals surface area contributed by atoms with E-state index in [9.17, 15) is 23.2 Å². The minimum absolute atomic E-state index is 0.0660. The Balaban J connectivity index is 1.90. The van der Waals surface area contributed by atoms with Gasteiger partial charge in [-0.25, -0.2) is 4.98 Å². The van der Waals surface area contributed by atoms with Crippen molar-refractivity contribution in [1.82, 2.24) is 9.88 Å². The van der Waals surface area contributed by atoms with Crippen LogP contribution in [-0.2, 0) is 4.79 Å². The summed E-state index contributed by atoms with van der Waals surface area (Å²) in [5, 5.41) is 10.2. The van der Waals surface area contributed by atoms with Crippen molar-refractivity contribution in [1.29, 1.82) is 5.26 Å². The number of nitrogens with zero attached hydrogens (tertiary/aromatic N) is 3. The Morgan fingerprint density at radius 1 is 1.09 bits per heavy atom. The summed E-state index contributed by atoms with van der Waals surface area (Å²) in [7, 11) is 0. The predicted molar refractivity (Wildman–Crippen MR) is 131 cm³/mol. The monoisotopic (exact) mass is 480 g/mol. The predicted octanol–water partition coefficient (Wildman–Crippen LogP) is 5.73. The summed E-state index contributed by atoms with van der Waals surface area (Å²) in [5.74, 6) is -0.968. The van der Waals surface area contributed by atoms with Crippen molar-refractivity contribution in [2.75, 3.05) is 6.54 Å². The third-order valence-electron chi connectivity index (χ3n) is 5.64. The fourth-order valence-electron chi connectivity index (χ4n) is 4.04. The maximum atomic E-state index is 14.2. The summed E-state index contributed by atoms with van der Waals surface area (Å²) in [6, 6.07) is 15.8. The van der Waals surface area contributed by atoms with Gasteiger partial charge in [0.2, 0.25) is 5.91 Å². The minimum atomic E-state index is -4.71. The minimum Gasteiger partial charge on any atom is -0.368 e. The van der Waals surface area contributed by atoms with Crippen molar-refractivity contribution >= 4 is 29.0 Å². The smallest absolute Gasteiger partial charge is 0.368 e. The fraction of sp³-hybridized carbons (Fsp3) is 0.296. The number of alkyl halides is 3. The van der Waals surface area contributed by atoms with Gasteiger partial charge in [0, 0.05) is 5.39 Å². The van der Waals surface area contributed by atoms with Gasteiger partial charge >= 0.3 is 6.18 Å². The lowest BCUT2D eigenvalue weighted by Gasteiger charge is -2.37. The average molecular weight is 481 g/mol. The van der Waals surface area contributed by atoms with Crippen LogP contribution in [0, 0.1) is 17.2 Å². The fourth-order valence-corrected chi connectivity index (χ4v) is 4.04. The summed E-state index contributed by atoms with van der Waals surface area (Å²) >= 11 is 0. The third kappa shape index (κ3) is 6.67. The van der Waals surface area contributed by atoms with Crippen LogP contribution in [0.15, 0.2) is 60.7 Å². The van der Waals surface area contributed by atoms with Crippen LogP contribution in [0.5, 0.6) is 0 Å². The van der Waals surface area contributed by atoms with Crippen LogP contribution in [0.25, 0.3) is 23.1 Å². The molecule has 0 aliphatic heterocycles. The van der Waals surface area contributed by atoms with Crippen molar-refractivity contribution < 1.29 is 18.0 Å². The van der Waals surface area contributed by atoms with E-state index in [2.05, 4.69) is 4.98 Å². The number of primary amides is 1. The summed E-state index contributed by atoms with van der Waals surface area (Å²) in [5.41, 5.74) is 7.65. The third-order valence-corrected chi connectivity index (χ3v) is 5.64. The summed E-state index contributed by atoms with van der Waals surface area (Å²) < 4.78 is 42.6. The standard InChI is InChI=1S/C27H27F3N4O/c1-18(2)17-24(26(32)35)34(16-15-31)25(27(28,29)30)21-10-7-19(8-11-21)9-13-22-14-12-20-5-3-4-6-23(20)33-22/h3-14,18,24-25H,16-17H2,1-2H3,(H2,32,35)/b13-9+/t24-,25-/m0/s1. The molecule has 5 nitrogen and oxygen atoms in total. The first-order valence-corrected chi connectivity index (χ1v) is 11.2. The van der Waals surface area contributed by atoms with E-state index in [1.54, 1.807) is 44.2 Å². The Hall–Kier alpha value is -3.70. The number of rotatable bonds is 9. The molecule has 0 aliphatic rings. The van der Waals surface area contributed by atoms with Crippen molar-refractivity contribution in [2.24, 2.45) is 11.7 Å². The molecule has 1 heterocycles. The number of hydrogen-bond donors (Lipinski definition) is 1. The number of amides is 1. The van der Waals surface area contributed by atoms with Crippen molar-refractivity contribution in [3.63, 3.8) is 0 Å². The van der Waals surface area contributed by atoms with E-state index in [-0.39, 0.29) is 17.9 Å². The molecule has 35 heavy (non-hydrogen) atoms. The number of halogens is 3. The zero-order valence-electron chi connectivity index (χ0n) is 19.5. The van der Waals surface area contributed by atoms with Crippen LogP contribution < -0.4 is 5.73 Å². The molecule has 0 unspecified atom stereocenters. The van der Waals surface area contributed by atoms with E-state index in [1.165, 1.54) is 12.1 Å². The van der Waals surface area contributed by atoms with Crippen LogP contribution in [0.4, 0.5) is 13.2 Å². The molecule has 2 atom stereocenters. The molecule has 0 spiro atoms. The molecule has 0 saturated heterocycles. The average Bonchev–Trinajstić information content (AvgIpc) is 2.80. The number of pyridine rings is 1. The molecule has 0 aliphatic carbocycles. The lowest BCUT2D eigenvalue weighted by molar-refractivity contribution is -0.192. The van der Waals surface area contributed by atoms with E-state index in [4.69, 9.17) is 5.73 Å². The molecule has 8 heteroatoms. The van der Waals surface area contributed by atoms with E-state index < -0.39 is 30.7 Å². The van der Waals surface area contributed by atoms with E-state index in [0.29, 0.717) is 5.56 Å². The Kier molecular flexibility index (Phi) is 8.26. The largest absolute Gasteiger partial charge is 0.408 e. The number of fused-ring (bicyclic) bond motifs is 1. The highest BCUT2D eigenvalue weighted by Gasteiger charge is 2.47. The molecular formula is C27H27F3N4O. The molecule has 3 aromatic rings. The van der Waals surface area contributed by atoms with Crippen molar-refractivity contribution in [3.8, 4) is 6.07 Å². The van der Waals surface area contributed by atoms with Gasteiger partial charge in [0.1, 0.15) is 6.04 Å². The van der Waals surface area contributed by atoms with E-state index in [1.807, 2.05) is 36.4 Å². The first-order chi connectivity index (χ1) is 16.6. The Bertz CT molecular complexity index is 1230. The Morgan fingerprint density at radius 3 is 2.37 bits per heavy atom. The van der Waals surface area contributed by atoms with Gasteiger partial charge < -0.3 is 5.73 Å². The molecule has 0 bridgehead atoms. The quantitative estimate of drug-likeness (QED) is 0.396. The highest BCUT2D eigenvalue weighted by molar-refractivity contribution is 5.81. The molecule has 2 N–H and O–H groups in total. The summed E-state index contributed by atoms with van der Waals surface area (Å²) in [4.78, 5) is 17.5. The molecule has 0 radical (unpaired) electrons. The molecular weight excluding hydrogens is 453 g/mol. The van der Waals surface area contributed by atoms with Gasteiger partial charge in [-0.2, -0.15) is 18.4 Å². The van der Waals surface area contributed by atoms with Gasteiger partial charge in [-0.15, -0.1) is 0 Å². The molecule has 0 fully saturated rings. The van der Waals surface area contributed by atoms with Crippen LogP contribution in [0.1, 0.15) is 43.1 Å². The van der Waals surface area contributed by atoms with Crippen LogP contribution in [-0.4, -0.2) is 34.6 Å². The number of carbonyl (C=O) groups excluding carboxylic acids is 1. The van der Waals surface area contributed by atoms with Gasteiger partial charge in [0.15, 0.2) is 0 Å². The molecule has 3 rings (SSSR count). The topological polar surface area (TPSA) is 83.0 Å². The van der Waals surface area contributed by atoms with E-state index in [0.717, 1.165) is 21.5 Å². The lowest BCUT2D eigenvalue weighted by atomic mass is 9.96. The molecule has 0 saturated carbocycles. The van der Waals surface area contributed by atoms with Gasteiger partial charge in [-0.05, 0) is 41.7 Å². The molecule has 182 valence electrons. The number of carbonyl (C=O) groups is 1. The summed E-state index contributed by atoms with van der Waals surface area (Å²) in [6.07, 6.45) is -1.05. The number of para-hydroxylation sites is 1. The van der Waals surface area contributed by atoms with Gasteiger partial charge in [0.05, 0.1) is 29.9 Å². The van der Waals surface area contributed by atoms with Crippen LogP contribution in [0.3, 0.4) is 0 Å². The number of aromatic nitrogens is 1. The Labute approximate surface area is 202 Å². The van der Waals surface area contributed by atoms with Gasteiger partial charge in [-0.1, -0.05) is 68.5 Å². The zero-order valence-corrected chi connectivity index (χ0v) is 19.5. The van der Waals surface area contributed by atoms with Gasteiger partial charge in [0.25, 0.3) is 0 Å². The van der Waals surface area contributed by atoms with E-state index >= 15 is 0 Å². The second kappa shape index (κ2) is 11.2. The second-order valence-electron chi connectivity index (χ2n) is 8.75. The van der Waals surface area contributed by atoms with Crippen molar-refractivity contribution in [3.05, 3.63) is 77.5 Å². The first-order valence-electron chi connectivity index (χ1n) is 11.2. The maximum Gasteiger partial charge on any atom is 0.408 e. The van der Waals surface area contributed by atoms with Gasteiger partial charge in [-0.3, -0.25) is 9.69 Å². The SMILES string of the molecule is CC(C)C[C@@H](C(N)=O)N(CC#N)[C@@H](c1ccc(/C=C/c2ccc3ccccc3n2)cc1)C(F)(F)F. The highest BCUT2D eigenvalue weighted by Crippen LogP contribution is 2.39. The molecule has 1 aromatic heterocycles. The normalized spacial score (nSPS) is 13.9. The maximum absolute atomic E-state index is 14.2. The lowest BCUT2D eigenvalue weighted by Crippen LogP contribution is -2.51. The van der Waals surface area contributed by atoms with Crippen molar-refractivity contribution in [2.45, 2.75) is 38.5 Å².